The second-order valence-electron chi connectivity index (χ2n) is 8.50. The van der Waals surface area contributed by atoms with E-state index in [4.69, 9.17) is 4.98 Å². The molecule has 166 valence electrons. The third-order valence-corrected chi connectivity index (χ3v) is 6.22. The molecule has 0 aliphatic carbocycles. The van der Waals surface area contributed by atoms with Gasteiger partial charge < -0.3 is 14.7 Å². The summed E-state index contributed by atoms with van der Waals surface area (Å²) in [4.78, 5) is 29.2. The number of carbonyl (C=O) groups excluding carboxylic acids is 1. The van der Waals surface area contributed by atoms with Crippen molar-refractivity contribution in [2.24, 2.45) is 0 Å². The molecule has 2 saturated heterocycles. The number of hydrogen-bond donors (Lipinski definition) is 0. The highest BCUT2D eigenvalue weighted by molar-refractivity contribution is 5.95. The summed E-state index contributed by atoms with van der Waals surface area (Å²) in [6.45, 7) is 6.97. The SMILES string of the molecule is Cc1cc(N2CCN(C(=O)c3cccc(-n4cccn4)c3)CC2)nc(N2CCCCC2)n1. The number of piperazine rings is 1. The maximum absolute atomic E-state index is 13.1. The highest BCUT2D eigenvalue weighted by Gasteiger charge is 2.24. The molecule has 2 aliphatic heterocycles. The topological polar surface area (TPSA) is 70.4 Å². The maximum Gasteiger partial charge on any atom is 0.254 e. The van der Waals surface area contributed by atoms with Gasteiger partial charge in [-0.1, -0.05) is 6.07 Å². The molecule has 3 aromatic rings. The first-order valence-electron chi connectivity index (χ1n) is 11.4. The van der Waals surface area contributed by atoms with Crippen LogP contribution in [0.25, 0.3) is 5.69 Å². The van der Waals surface area contributed by atoms with Crippen LogP contribution in [0.4, 0.5) is 11.8 Å². The lowest BCUT2D eigenvalue weighted by molar-refractivity contribution is 0.0746. The third kappa shape index (κ3) is 4.30. The van der Waals surface area contributed by atoms with Crippen molar-refractivity contribution in [2.45, 2.75) is 26.2 Å². The second-order valence-corrected chi connectivity index (χ2v) is 8.50. The summed E-state index contributed by atoms with van der Waals surface area (Å²) in [5.74, 6) is 1.87. The molecule has 0 atom stereocenters. The first kappa shape index (κ1) is 20.5. The van der Waals surface area contributed by atoms with Gasteiger partial charge >= 0.3 is 0 Å². The number of hydrogen-bond acceptors (Lipinski definition) is 6. The first-order valence-corrected chi connectivity index (χ1v) is 11.4. The number of benzene rings is 1. The summed E-state index contributed by atoms with van der Waals surface area (Å²) in [6.07, 6.45) is 7.31. The third-order valence-electron chi connectivity index (χ3n) is 6.22. The monoisotopic (exact) mass is 431 g/mol. The fourth-order valence-electron chi connectivity index (χ4n) is 4.46. The number of amides is 1. The van der Waals surface area contributed by atoms with Gasteiger partial charge in [-0.05, 0) is 50.5 Å². The molecule has 0 spiro atoms. The number of aromatic nitrogens is 4. The molecular formula is C24H29N7O. The first-order chi connectivity index (χ1) is 15.7. The lowest BCUT2D eigenvalue weighted by Gasteiger charge is -2.36. The van der Waals surface area contributed by atoms with Crippen molar-refractivity contribution in [3.8, 4) is 5.69 Å². The number of piperidine rings is 1. The van der Waals surface area contributed by atoms with E-state index in [1.807, 2.05) is 48.4 Å². The zero-order valence-electron chi connectivity index (χ0n) is 18.5. The van der Waals surface area contributed by atoms with Gasteiger partial charge in [-0.15, -0.1) is 0 Å². The molecule has 5 rings (SSSR count). The molecule has 2 aliphatic rings. The minimum Gasteiger partial charge on any atom is -0.353 e. The molecule has 32 heavy (non-hydrogen) atoms. The van der Waals surface area contributed by atoms with Crippen LogP contribution in [0.2, 0.25) is 0 Å². The number of anilines is 2. The van der Waals surface area contributed by atoms with Crippen molar-refractivity contribution in [1.29, 1.82) is 0 Å². The quantitative estimate of drug-likeness (QED) is 0.633. The van der Waals surface area contributed by atoms with Crippen LogP contribution in [-0.4, -0.2) is 69.8 Å². The van der Waals surface area contributed by atoms with E-state index in [1.54, 1.807) is 10.9 Å². The molecule has 0 unspecified atom stereocenters. The van der Waals surface area contributed by atoms with Gasteiger partial charge in [-0.2, -0.15) is 10.1 Å². The van der Waals surface area contributed by atoms with Crippen LogP contribution in [0, 0.1) is 6.92 Å². The molecule has 2 aromatic heterocycles. The van der Waals surface area contributed by atoms with Crippen molar-refractivity contribution >= 4 is 17.7 Å². The number of aryl methyl sites for hydroxylation is 1. The van der Waals surface area contributed by atoms with E-state index in [1.165, 1.54) is 19.3 Å². The Morgan fingerprint density at radius 3 is 2.44 bits per heavy atom. The maximum atomic E-state index is 13.1. The van der Waals surface area contributed by atoms with Crippen LogP contribution in [-0.2, 0) is 0 Å². The van der Waals surface area contributed by atoms with Crippen LogP contribution >= 0.6 is 0 Å². The standard InChI is InChI=1S/C24H29N7O/c1-19-17-22(27-24(26-19)30-10-3-2-4-11-30)28-13-15-29(16-14-28)23(32)20-7-5-8-21(18-20)31-12-6-9-25-31/h5-9,12,17-18H,2-4,10-11,13-16H2,1H3. The average Bonchev–Trinajstić information content (AvgIpc) is 3.39. The van der Waals surface area contributed by atoms with E-state index < -0.39 is 0 Å². The fourth-order valence-corrected chi connectivity index (χ4v) is 4.46. The molecule has 1 aromatic carbocycles. The van der Waals surface area contributed by atoms with E-state index in [-0.39, 0.29) is 5.91 Å². The van der Waals surface area contributed by atoms with Crippen molar-refractivity contribution in [2.75, 3.05) is 49.1 Å². The van der Waals surface area contributed by atoms with Gasteiger partial charge in [-0.25, -0.2) is 9.67 Å². The Hall–Kier alpha value is -3.42. The molecule has 1 amide bonds. The van der Waals surface area contributed by atoms with Crippen molar-refractivity contribution in [1.82, 2.24) is 24.6 Å². The van der Waals surface area contributed by atoms with E-state index >= 15 is 0 Å². The summed E-state index contributed by atoms with van der Waals surface area (Å²) >= 11 is 0. The van der Waals surface area contributed by atoms with E-state index in [0.717, 1.165) is 49.3 Å². The molecular weight excluding hydrogens is 402 g/mol. The number of rotatable bonds is 4. The van der Waals surface area contributed by atoms with E-state index in [0.29, 0.717) is 18.7 Å². The van der Waals surface area contributed by atoms with Crippen molar-refractivity contribution < 1.29 is 4.79 Å². The van der Waals surface area contributed by atoms with Crippen LogP contribution in [0.1, 0.15) is 35.3 Å². The van der Waals surface area contributed by atoms with Gasteiger partial charge in [0.15, 0.2) is 0 Å². The van der Waals surface area contributed by atoms with Gasteiger partial charge in [0.25, 0.3) is 5.91 Å². The molecule has 0 bridgehead atoms. The lowest BCUT2D eigenvalue weighted by atomic mass is 10.1. The smallest absolute Gasteiger partial charge is 0.254 e. The largest absolute Gasteiger partial charge is 0.353 e. The lowest BCUT2D eigenvalue weighted by Crippen LogP contribution is -2.49. The van der Waals surface area contributed by atoms with E-state index in [9.17, 15) is 4.79 Å². The molecule has 8 nitrogen and oxygen atoms in total. The summed E-state index contributed by atoms with van der Waals surface area (Å²) < 4.78 is 1.77. The Kier molecular flexibility index (Phi) is 5.75. The van der Waals surface area contributed by atoms with Crippen LogP contribution in [0.5, 0.6) is 0 Å². The van der Waals surface area contributed by atoms with Crippen molar-refractivity contribution in [3.63, 3.8) is 0 Å². The van der Waals surface area contributed by atoms with Gasteiger partial charge in [0.2, 0.25) is 5.95 Å². The Morgan fingerprint density at radius 1 is 0.875 bits per heavy atom. The minimum absolute atomic E-state index is 0.0616. The minimum atomic E-state index is 0.0616. The second kappa shape index (κ2) is 8.98. The zero-order chi connectivity index (χ0) is 21.9. The molecule has 0 N–H and O–H groups in total. The van der Waals surface area contributed by atoms with Crippen LogP contribution < -0.4 is 9.80 Å². The Labute approximate surface area is 188 Å². The van der Waals surface area contributed by atoms with Gasteiger partial charge in [0, 0.05) is 69.0 Å². The fraction of sp³-hybridized carbons (Fsp3) is 0.417. The summed E-state index contributed by atoms with van der Waals surface area (Å²) in [6, 6.07) is 11.6. The molecule has 0 radical (unpaired) electrons. The van der Waals surface area contributed by atoms with Crippen molar-refractivity contribution in [3.05, 3.63) is 60.0 Å². The summed E-state index contributed by atoms with van der Waals surface area (Å²) in [5, 5.41) is 4.26. The predicted octanol–water partition coefficient (Wildman–Crippen LogP) is 2.92. The molecule has 8 heteroatoms. The van der Waals surface area contributed by atoms with E-state index in [2.05, 4.69) is 25.9 Å². The van der Waals surface area contributed by atoms with Crippen LogP contribution in [0.15, 0.2) is 48.8 Å². The normalized spacial score (nSPS) is 17.0. The summed E-state index contributed by atoms with van der Waals surface area (Å²) in [7, 11) is 0. The Balaban J connectivity index is 1.26. The molecule has 4 heterocycles. The number of nitrogens with zero attached hydrogens (tertiary/aromatic N) is 7. The molecule has 2 fully saturated rings. The zero-order valence-corrected chi connectivity index (χ0v) is 18.5. The highest BCUT2D eigenvalue weighted by Crippen LogP contribution is 2.22. The van der Waals surface area contributed by atoms with Crippen LogP contribution in [0.3, 0.4) is 0 Å². The van der Waals surface area contributed by atoms with Gasteiger partial charge in [0.05, 0.1) is 5.69 Å². The predicted molar refractivity (Wildman–Crippen MR) is 125 cm³/mol. The highest BCUT2D eigenvalue weighted by atomic mass is 16.2. The average molecular weight is 432 g/mol. The Morgan fingerprint density at radius 2 is 1.69 bits per heavy atom. The number of carbonyl (C=O) groups is 1. The Bertz CT molecular complexity index is 1070. The summed E-state index contributed by atoms with van der Waals surface area (Å²) in [5.41, 5.74) is 2.57. The van der Waals surface area contributed by atoms with Gasteiger partial charge in [0.1, 0.15) is 5.82 Å². The molecule has 0 saturated carbocycles. The van der Waals surface area contributed by atoms with Gasteiger partial charge in [-0.3, -0.25) is 4.79 Å².